The van der Waals surface area contributed by atoms with Crippen LogP contribution in [0.3, 0.4) is 0 Å². The summed E-state index contributed by atoms with van der Waals surface area (Å²) in [4.78, 5) is 0. The third-order valence-corrected chi connectivity index (χ3v) is 6.02. The zero-order valence-corrected chi connectivity index (χ0v) is 17.4. The van der Waals surface area contributed by atoms with E-state index >= 15 is 0 Å². The molecule has 0 aromatic rings. The fourth-order valence-electron chi connectivity index (χ4n) is 3.91. The lowest BCUT2D eigenvalue weighted by molar-refractivity contribution is -0.387. The van der Waals surface area contributed by atoms with Crippen LogP contribution in [0.5, 0.6) is 0 Å². The summed E-state index contributed by atoms with van der Waals surface area (Å²) < 4.78 is 27.0. The third-order valence-electron chi connectivity index (χ3n) is 6.02. The maximum Gasteiger partial charge on any atom is 0.187 e. The van der Waals surface area contributed by atoms with Crippen LogP contribution in [-0.2, 0) is 23.7 Å². The lowest BCUT2D eigenvalue weighted by Crippen LogP contribution is -2.65. The van der Waals surface area contributed by atoms with Gasteiger partial charge >= 0.3 is 0 Å². The zero-order valence-electron chi connectivity index (χ0n) is 17.4. The van der Waals surface area contributed by atoms with Crippen molar-refractivity contribution in [1.29, 1.82) is 0 Å². The Balaban J connectivity index is 1.78. The highest BCUT2D eigenvalue weighted by Crippen LogP contribution is 2.32. The van der Waals surface area contributed by atoms with Gasteiger partial charge in [0.25, 0.3) is 0 Å². The Morgan fingerprint density at radius 2 is 1.06 bits per heavy atom. The molecule has 188 valence electrons. The van der Waals surface area contributed by atoms with Crippen LogP contribution >= 0.6 is 0 Å². The Morgan fingerprint density at radius 3 is 1.66 bits per heavy atom. The number of aliphatic hydroxyl groups excluding tert-OH is 9. The smallest absolute Gasteiger partial charge is 0.187 e. The lowest BCUT2D eigenvalue weighted by Gasteiger charge is -2.47. The average Bonchev–Trinajstić information content (AvgIpc) is 2.76. The van der Waals surface area contributed by atoms with Crippen LogP contribution in [0.25, 0.3) is 0 Å². The Bertz CT molecular complexity index is 610. The van der Waals surface area contributed by atoms with Gasteiger partial charge in [-0.05, 0) is 13.8 Å². The molecule has 0 amide bonds. The van der Waals surface area contributed by atoms with E-state index in [0.29, 0.717) is 0 Å². The van der Waals surface area contributed by atoms with E-state index in [2.05, 4.69) is 0 Å². The van der Waals surface area contributed by atoms with Crippen molar-refractivity contribution in [3.8, 4) is 0 Å². The molecular formula is C18H32O14. The van der Waals surface area contributed by atoms with Crippen molar-refractivity contribution < 1.29 is 69.6 Å². The van der Waals surface area contributed by atoms with Crippen LogP contribution in [0.1, 0.15) is 13.8 Å². The van der Waals surface area contributed by atoms with Gasteiger partial charge in [-0.15, -0.1) is 0 Å². The number of hydrogen-bond donors (Lipinski definition) is 9. The lowest BCUT2D eigenvalue weighted by atomic mass is 9.97. The van der Waals surface area contributed by atoms with Gasteiger partial charge in [0, 0.05) is 0 Å². The summed E-state index contributed by atoms with van der Waals surface area (Å²) in [7, 11) is 0. The van der Waals surface area contributed by atoms with Crippen LogP contribution < -0.4 is 0 Å². The van der Waals surface area contributed by atoms with Crippen LogP contribution in [0.2, 0.25) is 0 Å². The minimum atomic E-state index is -1.80. The Hall–Kier alpha value is -0.560. The van der Waals surface area contributed by atoms with E-state index in [4.69, 9.17) is 23.7 Å². The molecule has 3 aliphatic heterocycles. The molecular weight excluding hydrogens is 440 g/mol. The zero-order chi connectivity index (χ0) is 23.9. The normalized spacial score (nSPS) is 55.0. The van der Waals surface area contributed by atoms with E-state index in [1.54, 1.807) is 0 Å². The number of aliphatic hydroxyl groups is 9. The predicted molar refractivity (Wildman–Crippen MR) is 98.4 cm³/mol. The molecule has 14 heteroatoms. The second-order valence-corrected chi connectivity index (χ2v) is 8.30. The first-order valence-electron chi connectivity index (χ1n) is 10.3. The van der Waals surface area contributed by atoms with Gasteiger partial charge in [-0.3, -0.25) is 0 Å². The summed E-state index contributed by atoms with van der Waals surface area (Å²) in [5.74, 6) is 0. The first-order valence-corrected chi connectivity index (χ1v) is 10.3. The van der Waals surface area contributed by atoms with E-state index in [9.17, 15) is 46.0 Å². The molecule has 3 rings (SSSR count). The summed E-state index contributed by atoms with van der Waals surface area (Å²) in [5, 5.41) is 90.5. The van der Waals surface area contributed by atoms with Crippen molar-refractivity contribution in [2.24, 2.45) is 0 Å². The van der Waals surface area contributed by atoms with Gasteiger partial charge in [0.2, 0.25) is 0 Å². The van der Waals surface area contributed by atoms with Crippen LogP contribution in [0.4, 0.5) is 0 Å². The van der Waals surface area contributed by atoms with E-state index < -0.39 is 98.7 Å². The summed E-state index contributed by atoms with van der Waals surface area (Å²) in [5.41, 5.74) is 0. The molecule has 0 aromatic heterocycles. The molecule has 15 atom stereocenters. The fraction of sp³-hybridized carbons (Fsp3) is 1.00. The summed E-state index contributed by atoms with van der Waals surface area (Å²) >= 11 is 0. The molecule has 0 saturated carbocycles. The maximum absolute atomic E-state index is 10.5. The monoisotopic (exact) mass is 472 g/mol. The van der Waals surface area contributed by atoms with Crippen molar-refractivity contribution in [2.75, 3.05) is 6.61 Å². The van der Waals surface area contributed by atoms with Crippen molar-refractivity contribution in [3.05, 3.63) is 0 Å². The van der Waals surface area contributed by atoms with Gasteiger partial charge in [-0.2, -0.15) is 0 Å². The molecule has 0 aliphatic carbocycles. The third kappa shape index (κ3) is 4.94. The van der Waals surface area contributed by atoms with Gasteiger partial charge in [-0.25, -0.2) is 0 Å². The molecule has 3 saturated heterocycles. The quantitative estimate of drug-likeness (QED) is 0.182. The second-order valence-electron chi connectivity index (χ2n) is 8.30. The highest BCUT2D eigenvalue weighted by Gasteiger charge is 2.52. The first-order chi connectivity index (χ1) is 15.0. The molecule has 3 aliphatic rings. The number of ether oxygens (including phenoxy) is 5. The standard InChI is InChI=1S/C18H32O14/c1-4-7(20)10(23)13(26)17(28-4)32-15-11(24)8(21)5(2)29-18(15)31-14-12(25)9(22)6(3-19)30-16(14)27/h4-27H,3H2,1-2H3/t4-,5-,6+,7-,8-,9-,10+,11+,12-,13+,14+,15+,16?,17-,18-/m0/s1. The molecule has 0 radical (unpaired) electrons. The summed E-state index contributed by atoms with van der Waals surface area (Å²) in [6, 6.07) is 0. The van der Waals surface area contributed by atoms with E-state index in [0.717, 1.165) is 0 Å². The second kappa shape index (κ2) is 10.4. The summed E-state index contributed by atoms with van der Waals surface area (Å²) in [6.45, 7) is 2.15. The van der Waals surface area contributed by atoms with Gasteiger partial charge in [0.1, 0.15) is 61.0 Å². The van der Waals surface area contributed by atoms with Gasteiger partial charge in [0.05, 0.1) is 18.8 Å². The van der Waals surface area contributed by atoms with Crippen LogP contribution in [0.15, 0.2) is 0 Å². The van der Waals surface area contributed by atoms with Gasteiger partial charge < -0.3 is 69.6 Å². The molecule has 3 fully saturated rings. The SMILES string of the molecule is C[C@@H]1O[C@@H](O[C@H]2[C@H](O[C@H]3C(O)O[C@H](CO)[C@H](O)[C@@H]3O)O[C@@H](C)[C@H](O)[C@H]2O)[C@H](O)[C@H](O)[C@H]1O. The molecule has 9 N–H and O–H groups in total. The predicted octanol–water partition coefficient (Wildman–Crippen LogP) is -5.52. The topological polar surface area (TPSA) is 228 Å². The van der Waals surface area contributed by atoms with Gasteiger partial charge in [-0.1, -0.05) is 0 Å². The first kappa shape index (κ1) is 26.1. The minimum absolute atomic E-state index is 0.682. The molecule has 32 heavy (non-hydrogen) atoms. The fourth-order valence-corrected chi connectivity index (χ4v) is 3.91. The maximum atomic E-state index is 10.5. The van der Waals surface area contributed by atoms with Crippen LogP contribution in [-0.4, -0.2) is 145 Å². The Morgan fingerprint density at radius 1 is 0.562 bits per heavy atom. The minimum Gasteiger partial charge on any atom is -0.394 e. The average molecular weight is 472 g/mol. The Kier molecular flexibility index (Phi) is 8.44. The number of hydrogen-bond acceptors (Lipinski definition) is 14. The molecule has 0 bridgehead atoms. The van der Waals surface area contributed by atoms with E-state index in [1.807, 2.05) is 0 Å². The molecule has 1 unspecified atom stereocenters. The highest BCUT2D eigenvalue weighted by molar-refractivity contribution is 4.94. The number of rotatable bonds is 5. The van der Waals surface area contributed by atoms with Crippen molar-refractivity contribution in [2.45, 2.75) is 106 Å². The largest absolute Gasteiger partial charge is 0.394 e. The Labute approximate surface area is 183 Å². The molecule has 14 nitrogen and oxygen atoms in total. The summed E-state index contributed by atoms with van der Waals surface area (Å²) in [6.07, 6.45) is -22.6. The molecule has 3 heterocycles. The van der Waals surface area contributed by atoms with E-state index in [1.165, 1.54) is 13.8 Å². The molecule has 0 aromatic carbocycles. The highest BCUT2D eigenvalue weighted by atomic mass is 16.8. The van der Waals surface area contributed by atoms with Gasteiger partial charge in [0.15, 0.2) is 18.9 Å². The van der Waals surface area contributed by atoms with Crippen molar-refractivity contribution in [1.82, 2.24) is 0 Å². The van der Waals surface area contributed by atoms with E-state index in [-0.39, 0.29) is 0 Å². The van der Waals surface area contributed by atoms with Crippen molar-refractivity contribution >= 4 is 0 Å². The van der Waals surface area contributed by atoms with Crippen LogP contribution in [0, 0.1) is 0 Å². The van der Waals surface area contributed by atoms with Crippen molar-refractivity contribution in [3.63, 3.8) is 0 Å². The molecule has 0 spiro atoms.